The number of rotatable bonds is 7. The van der Waals surface area contributed by atoms with E-state index in [0.717, 1.165) is 45.9 Å². The number of fused-ring (bicyclic) bond motifs is 1. The normalized spacial score (nSPS) is 11.7. The van der Waals surface area contributed by atoms with Gasteiger partial charge < -0.3 is 5.32 Å². The molecule has 0 aliphatic carbocycles. The first-order valence-electron chi connectivity index (χ1n) is 9.14. The van der Waals surface area contributed by atoms with Crippen LogP contribution in [0, 0.1) is 13.8 Å². The summed E-state index contributed by atoms with van der Waals surface area (Å²) in [6.45, 7) is 9.36. The highest BCUT2D eigenvalue weighted by molar-refractivity contribution is 8.17. The molecule has 0 fully saturated rings. The number of hydrogen-bond acceptors (Lipinski definition) is 4. The van der Waals surface area contributed by atoms with Gasteiger partial charge in [-0.1, -0.05) is 42.6 Å². The highest BCUT2D eigenvalue weighted by atomic mass is 32.2. The topological polar surface area (TPSA) is 53.1 Å². The summed E-state index contributed by atoms with van der Waals surface area (Å²) in [5.41, 5.74) is 6.21. The van der Waals surface area contributed by atoms with Gasteiger partial charge in [0.2, 0.25) is 0 Å². The first-order chi connectivity index (χ1) is 13.1. The predicted molar refractivity (Wildman–Crippen MR) is 118 cm³/mol. The van der Waals surface area contributed by atoms with Crippen LogP contribution in [0.15, 0.2) is 59.2 Å². The highest BCUT2D eigenvalue weighted by Crippen LogP contribution is 2.22. The summed E-state index contributed by atoms with van der Waals surface area (Å²) in [5.74, 6) is 0. The van der Waals surface area contributed by atoms with Gasteiger partial charge in [0.15, 0.2) is 0 Å². The van der Waals surface area contributed by atoms with Crippen LogP contribution in [0.5, 0.6) is 0 Å². The van der Waals surface area contributed by atoms with Gasteiger partial charge in [-0.25, -0.2) is 0 Å². The molecule has 0 aliphatic heterocycles. The molecule has 0 saturated carbocycles. The number of aryl methyl sites for hydroxylation is 3. The number of aliphatic imine (C=N–C) groups is 1. The molecule has 3 aromatic rings. The van der Waals surface area contributed by atoms with Crippen molar-refractivity contribution in [1.29, 1.82) is 0 Å². The van der Waals surface area contributed by atoms with E-state index < -0.39 is 0 Å². The molecular weight excluding hydrogens is 352 g/mol. The monoisotopic (exact) mass is 378 g/mol. The fraction of sp³-hybridized carbons (Fsp3) is 0.273. The van der Waals surface area contributed by atoms with Gasteiger partial charge in [0.25, 0.3) is 0 Å². The van der Waals surface area contributed by atoms with Gasteiger partial charge in [0, 0.05) is 24.5 Å². The largest absolute Gasteiger partial charge is 0.380 e. The molecule has 1 heterocycles. The smallest absolute Gasteiger partial charge is 0.103 e. The number of hydrogen-bond donors (Lipinski definition) is 2. The van der Waals surface area contributed by atoms with E-state index in [4.69, 9.17) is 0 Å². The summed E-state index contributed by atoms with van der Waals surface area (Å²) in [6.07, 6.45) is 3.97. The van der Waals surface area contributed by atoms with Crippen LogP contribution in [0.3, 0.4) is 0 Å². The Bertz CT molecular complexity index is 971. The molecule has 140 valence electrons. The van der Waals surface area contributed by atoms with Gasteiger partial charge in [0.05, 0.1) is 16.7 Å². The van der Waals surface area contributed by atoms with Gasteiger partial charge in [-0.2, -0.15) is 5.10 Å². The van der Waals surface area contributed by atoms with Crippen LogP contribution in [0.1, 0.15) is 28.7 Å². The summed E-state index contributed by atoms with van der Waals surface area (Å²) >= 11 is 1.57. The molecule has 0 aliphatic rings. The van der Waals surface area contributed by atoms with Crippen LogP contribution in [0.25, 0.3) is 10.9 Å². The summed E-state index contributed by atoms with van der Waals surface area (Å²) in [7, 11) is 1.81. The minimum atomic E-state index is 0.899. The number of nitrogens with one attached hydrogen (secondary N) is 2. The van der Waals surface area contributed by atoms with Gasteiger partial charge in [-0.3, -0.25) is 10.1 Å². The average Bonchev–Trinajstić information content (AvgIpc) is 3.14. The Morgan fingerprint density at radius 1 is 1.19 bits per heavy atom. The number of aromatic amines is 1. The molecule has 0 atom stereocenters. The molecule has 0 amide bonds. The van der Waals surface area contributed by atoms with Crippen LogP contribution >= 0.6 is 11.8 Å². The Labute approximate surface area is 165 Å². The lowest BCUT2D eigenvalue weighted by molar-refractivity contribution is 0.746. The van der Waals surface area contributed by atoms with E-state index in [0.29, 0.717) is 0 Å². The minimum Gasteiger partial charge on any atom is -0.380 e. The highest BCUT2D eigenvalue weighted by Gasteiger charge is 2.08. The average molecular weight is 379 g/mol. The molecular formula is C22H26N4S. The van der Waals surface area contributed by atoms with E-state index in [2.05, 4.69) is 71.3 Å². The van der Waals surface area contributed by atoms with Gasteiger partial charge >= 0.3 is 0 Å². The molecule has 0 saturated heterocycles. The van der Waals surface area contributed by atoms with E-state index >= 15 is 0 Å². The van der Waals surface area contributed by atoms with Crippen LogP contribution in [0.4, 0.5) is 0 Å². The van der Waals surface area contributed by atoms with Crippen LogP contribution < -0.4 is 5.32 Å². The van der Waals surface area contributed by atoms with Crippen molar-refractivity contribution in [3.05, 3.63) is 76.5 Å². The minimum absolute atomic E-state index is 0.899. The zero-order valence-electron chi connectivity index (χ0n) is 16.2. The fourth-order valence-corrected chi connectivity index (χ4v) is 3.69. The molecule has 5 heteroatoms. The Morgan fingerprint density at radius 2 is 2.04 bits per heavy atom. The third-order valence-electron chi connectivity index (χ3n) is 4.65. The maximum Gasteiger partial charge on any atom is 0.103 e. The molecule has 0 spiro atoms. The number of aromatic nitrogens is 2. The zero-order valence-corrected chi connectivity index (χ0v) is 17.0. The number of H-pyrrole nitrogens is 1. The van der Waals surface area contributed by atoms with Crippen LogP contribution in [0.2, 0.25) is 0 Å². The van der Waals surface area contributed by atoms with Gasteiger partial charge in [-0.05, 0) is 55.5 Å². The summed E-state index contributed by atoms with van der Waals surface area (Å²) < 4.78 is 0. The lowest BCUT2D eigenvalue weighted by Crippen LogP contribution is -2.14. The van der Waals surface area contributed by atoms with Crippen molar-refractivity contribution in [2.24, 2.45) is 4.99 Å². The molecule has 0 unspecified atom stereocenters. The van der Waals surface area contributed by atoms with Crippen molar-refractivity contribution in [2.45, 2.75) is 26.7 Å². The van der Waals surface area contributed by atoms with Crippen molar-refractivity contribution in [3.63, 3.8) is 0 Å². The summed E-state index contributed by atoms with van der Waals surface area (Å²) in [6, 6.07) is 12.9. The Hall–Kier alpha value is -2.53. The third-order valence-corrected chi connectivity index (χ3v) is 5.65. The fourth-order valence-electron chi connectivity index (χ4n) is 2.94. The third kappa shape index (κ3) is 5.01. The quantitative estimate of drug-likeness (QED) is 0.346. The Kier molecular flexibility index (Phi) is 6.35. The Morgan fingerprint density at radius 3 is 2.81 bits per heavy atom. The maximum absolute atomic E-state index is 4.43. The Balaban J connectivity index is 1.49. The van der Waals surface area contributed by atoms with Gasteiger partial charge in [-0.15, -0.1) is 0 Å². The molecule has 0 bridgehead atoms. The van der Waals surface area contributed by atoms with Gasteiger partial charge in [0.1, 0.15) is 5.04 Å². The lowest BCUT2D eigenvalue weighted by Gasteiger charge is -2.11. The second-order valence-corrected chi connectivity index (χ2v) is 7.76. The van der Waals surface area contributed by atoms with Crippen LogP contribution in [-0.4, -0.2) is 28.8 Å². The maximum atomic E-state index is 4.43. The van der Waals surface area contributed by atoms with E-state index in [-0.39, 0.29) is 0 Å². The summed E-state index contributed by atoms with van der Waals surface area (Å²) in [5, 5.41) is 13.4. The first kappa shape index (κ1) is 19.2. The molecule has 2 aromatic carbocycles. The molecule has 3 rings (SSSR count). The van der Waals surface area contributed by atoms with E-state index in [9.17, 15) is 0 Å². The molecule has 4 nitrogen and oxygen atoms in total. The van der Waals surface area contributed by atoms with Crippen molar-refractivity contribution >= 4 is 27.7 Å². The molecule has 2 N–H and O–H groups in total. The molecule has 1 aromatic heterocycles. The zero-order chi connectivity index (χ0) is 19.2. The SMILES string of the molecule is C=C(NCCCc1ccc(C)c(C)c1)SC(=NC)c1ccc2[nH]ncc2c1. The number of benzene rings is 2. The van der Waals surface area contributed by atoms with Crippen molar-refractivity contribution in [1.82, 2.24) is 15.5 Å². The second-order valence-electron chi connectivity index (χ2n) is 6.67. The summed E-state index contributed by atoms with van der Waals surface area (Å²) in [4.78, 5) is 4.43. The predicted octanol–water partition coefficient (Wildman–Crippen LogP) is 4.98. The molecule has 0 radical (unpaired) electrons. The van der Waals surface area contributed by atoms with Crippen molar-refractivity contribution in [3.8, 4) is 0 Å². The number of nitrogens with zero attached hydrogens (tertiary/aromatic N) is 2. The van der Waals surface area contributed by atoms with E-state index in [1.165, 1.54) is 16.7 Å². The van der Waals surface area contributed by atoms with Crippen molar-refractivity contribution in [2.75, 3.05) is 13.6 Å². The number of thioether (sulfide) groups is 1. The van der Waals surface area contributed by atoms with Crippen molar-refractivity contribution < 1.29 is 0 Å². The van der Waals surface area contributed by atoms with E-state index in [1.807, 2.05) is 19.3 Å². The van der Waals surface area contributed by atoms with Crippen LogP contribution in [-0.2, 0) is 6.42 Å². The molecule has 27 heavy (non-hydrogen) atoms. The first-order valence-corrected chi connectivity index (χ1v) is 9.95. The van der Waals surface area contributed by atoms with E-state index in [1.54, 1.807) is 11.8 Å². The standard InChI is InChI=1S/C22H26N4S/c1-15-7-8-18(12-16(15)2)6-5-11-24-17(3)27-22(23-4)19-9-10-21-20(13-19)14-25-26-21/h7-10,12-14,24H,3,5-6,11H2,1-2,4H3,(H,25,26). The second kappa shape index (κ2) is 8.91. The lowest BCUT2D eigenvalue weighted by atomic mass is 10.0.